The number of primary amides is 1. The van der Waals surface area contributed by atoms with Gasteiger partial charge in [0.2, 0.25) is 0 Å². The number of nitrogens with two attached hydrogens (primary N) is 2. The summed E-state index contributed by atoms with van der Waals surface area (Å²) in [6.07, 6.45) is 2.27. The van der Waals surface area contributed by atoms with Crippen LogP contribution >= 0.6 is 11.6 Å². The van der Waals surface area contributed by atoms with Gasteiger partial charge in [0.05, 0.1) is 11.3 Å². The number of unbranched alkanes of at least 4 members (excludes halogenated alkanes) is 1. The molecule has 0 spiro atoms. The Hall–Kier alpha value is -2.98. The lowest BCUT2D eigenvalue weighted by Crippen LogP contribution is -2.14. The van der Waals surface area contributed by atoms with Crippen molar-refractivity contribution < 1.29 is 4.79 Å². The summed E-state index contributed by atoms with van der Waals surface area (Å²) >= 11 is 5.99. The number of carbonyl (C=O) groups excluding carboxylic acids is 1. The van der Waals surface area contributed by atoms with Gasteiger partial charge < -0.3 is 16.8 Å². The largest absolute Gasteiger partial charge is 0.398 e. The van der Waals surface area contributed by atoms with Gasteiger partial charge in [-0.2, -0.15) is 0 Å². The number of hydrogen-bond donors (Lipinski definition) is 3. The van der Waals surface area contributed by atoms with Gasteiger partial charge in [-0.15, -0.1) is 0 Å². The van der Waals surface area contributed by atoms with Crippen LogP contribution in [0, 0.1) is 0 Å². The average molecular weight is 394 g/mol. The first-order valence-corrected chi connectivity index (χ1v) is 9.71. The topological polar surface area (TPSA) is 81.1 Å². The molecule has 0 bridgehead atoms. The number of rotatable bonds is 7. The molecule has 28 heavy (non-hydrogen) atoms. The van der Waals surface area contributed by atoms with Crippen molar-refractivity contribution in [3.63, 3.8) is 0 Å². The molecule has 5 N–H and O–H groups in total. The minimum atomic E-state index is -0.549. The van der Waals surface area contributed by atoms with E-state index in [1.165, 1.54) is 0 Å². The molecule has 0 heterocycles. The van der Waals surface area contributed by atoms with E-state index in [4.69, 9.17) is 23.1 Å². The van der Waals surface area contributed by atoms with Crippen LogP contribution in [0.3, 0.4) is 0 Å². The van der Waals surface area contributed by atoms with Gasteiger partial charge in [-0.25, -0.2) is 0 Å². The van der Waals surface area contributed by atoms with Crippen molar-refractivity contribution in [2.45, 2.75) is 19.8 Å². The van der Waals surface area contributed by atoms with Gasteiger partial charge in [-0.3, -0.25) is 4.79 Å². The van der Waals surface area contributed by atoms with Gasteiger partial charge in [0.25, 0.3) is 5.91 Å². The smallest absolute Gasteiger partial charge is 0.250 e. The standard InChI is InChI=1S/C23H24ClN3O/c1-2-3-12-27-19-10-6-16(7-11-19)20-13-17(14-21(22(20)25)23(26)28)15-4-8-18(24)9-5-15/h4-11,13-14,27H,2-3,12,25H2,1H3,(H2,26,28). The number of carbonyl (C=O) groups is 1. The Bertz CT molecular complexity index is 966. The van der Waals surface area contributed by atoms with Crippen LogP contribution in [0.5, 0.6) is 0 Å². The number of hydrogen-bond acceptors (Lipinski definition) is 3. The number of nitrogen functional groups attached to an aromatic ring is 1. The molecule has 3 aromatic carbocycles. The lowest BCUT2D eigenvalue weighted by Gasteiger charge is -2.14. The molecule has 4 nitrogen and oxygen atoms in total. The average Bonchev–Trinajstić information content (AvgIpc) is 2.69. The molecule has 0 aromatic heterocycles. The van der Waals surface area contributed by atoms with Crippen molar-refractivity contribution >= 4 is 28.9 Å². The molecule has 0 radical (unpaired) electrons. The van der Waals surface area contributed by atoms with Crippen LogP contribution in [0.25, 0.3) is 22.3 Å². The van der Waals surface area contributed by atoms with Crippen molar-refractivity contribution in [3.8, 4) is 22.3 Å². The lowest BCUT2D eigenvalue weighted by atomic mass is 9.93. The first kappa shape index (κ1) is 19.8. The van der Waals surface area contributed by atoms with E-state index in [1.807, 2.05) is 54.6 Å². The number of amides is 1. The molecule has 0 unspecified atom stereocenters. The fourth-order valence-electron chi connectivity index (χ4n) is 3.08. The van der Waals surface area contributed by atoms with E-state index in [9.17, 15) is 4.79 Å². The van der Waals surface area contributed by atoms with Gasteiger partial charge in [0.1, 0.15) is 0 Å². The Kier molecular flexibility index (Phi) is 6.22. The third-order valence-corrected chi connectivity index (χ3v) is 4.93. The highest BCUT2D eigenvalue weighted by Crippen LogP contribution is 2.35. The van der Waals surface area contributed by atoms with E-state index in [0.717, 1.165) is 47.3 Å². The van der Waals surface area contributed by atoms with Gasteiger partial charge in [-0.05, 0) is 59.5 Å². The summed E-state index contributed by atoms with van der Waals surface area (Å²) in [5.74, 6) is -0.549. The summed E-state index contributed by atoms with van der Waals surface area (Å²) in [7, 11) is 0. The maximum absolute atomic E-state index is 12.0. The summed E-state index contributed by atoms with van der Waals surface area (Å²) in [4.78, 5) is 12.0. The second-order valence-electron chi connectivity index (χ2n) is 6.71. The van der Waals surface area contributed by atoms with E-state index >= 15 is 0 Å². The normalized spacial score (nSPS) is 10.6. The Labute approximate surface area is 170 Å². The van der Waals surface area contributed by atoms with Crippen LogP contribution in [0.2, 0.25) is 5.02 Å². The molecule has 3 rings (SSSR count). The van der Waals surface area contributed by atoms with Gasteiger partial charge >= 0.3 is 0 Å². The van der Waals surface area contributed by atoms with Gasteiger partial charge in [0, 0.05) is 22.8 Å². The maximum atomic E-state index is 12.0. The zero-order valence-corrected chi connectivity index (χ0v) is 16.6. The molecule has 0 fully saturated rings. The molecule has 0 atom stereocenters. The van der Waals surface area contributed by atoms with Crippen molar-refractivity contribution in [2.75, 3.05) is 17.6 Å². The first-order valence-electron chi connectivity index (χ1n) is 9.33. The number of nitrogens with one attached hydrogen (secondary N) is 1. The highest BCUT2D eigenvalue weighted by atomic mass is 35.5. The van der Waals surface area contributed by atoms with Crippen LogP contribution in [-0.4, -0.2) is 12.5 Å². The summed E-state index contributed by atoms with van der Waals surface area (Å²) in [6.45, 7) is 3.10. The fourth-order valence-corrected chi connectivity index (χ4v) is 3.21. The van der Waals surface area contributed by atoms with E-state index < -0.39 is 5.91 Å². The van der Waals surface area contributed by atoms with E-state index in [1.54, 1.807) is 6.07 Å². The van der Waals surface area contributed by atoms with E-state index in [0.29, 0.717) is 16.3 Å². The van der Waals surface area contributed by atoms with E-state index in [-0.39, 0.29) is 0 Å². The lowest BCUT2D eigenvalue weighted by molar-refractivity contribution is 0.100. The minimum absolute atomic E-state index is 0.313. The predicted octanol–water partition coefficient (Wildman–Crippen LogP) is 5.57. The monoisotopic (exact) mass is 393 g/mol. The van der Waals surface area contributed by atoms with Crippen LogP contribution < -0.4 is 16.8 Å². The zero-order valence-electron chi connectivity index (χ0n) is 15.8. The minimum Gasteiger partial charge on any atom is -0.398 e. The quantitative estimate of drug-likeness (QED) is 0.362. The second-order valence-corrected chi connectivity index (χ2v) is 7.15. The summed E-state index contributed by atoms with van der Waals surface area (Å²) in [6, 6.07) is 19.2. The highest BCUT2D eigenvalue weighted by Gasteiger charge is 2.15. The fraction of sp³-hybridized carbons (Fsp3) is 0.174. The molecule has 0 aliphatic rings. The molecular weight excluding hydrogens is 370 g/mol. The van der Waals surface area contributed by atoms with Crippen molar-refractivity contribution in [1.82, 2.24) is 0 Å². The zero-order chi connectivity index (χ0) is 20.1. The molecule has 1 amide bonds. The third-order valence-electron chi connectivity index (χ3n) is 4.68. The molecule has 0 aliphatic heterocycles. The van der Waals surface area contributed by atoms with Crippen LogP contribution in [0.1, 0.15) is 30.1 Å². The molecule has 5 heteroatoms. The first-order chi connectivity index (χ1) is 13.5. The SMILES string of the molecule is CCCCNc1ccc(-c2cc(-c3ccc(Cl)cc3)cc(C(N)=O)c2N)cc1. The van der Waals surface area contributed by atoms with Gasteiger partial charge in [-0.1, -0.05) is 49.2 Å². The number of halogens is 1. The van der Waals surface area contributed by atoms with Crippen LogP contribution in [-0.2, 0) is 0 Å². The Morgan fingerprint density at radius 1 is 0.964 bits per heavy atom. The Morgan fingerprint density at radius 2 is 1.61 bits per heavy atom. The van der Waals surface area contributed by atoms with Crippen molar-refractivity contribution in [2.24, 2.45) is 5.73 Å². The molecule has 3 aromatic rings. The van der Waals surface area contributed by atoms with Crippen molar-refractivity contribution in [1.29, 1.82) is 0 Å². The van der Waals surface area contributed by atoms with Crippen molar-refractivity contribution in [3.05, 3.63) is 71.2 Å². The Morgan fingerprint density at radius 3 is 2.21 bits per heavy atom. The molecule has 144 valence electrons. The van der Waals surface area contributed by atoms with Gasteiger partial charge in [0.15, 0.2) is 0 Å². The van der Waals surface area contributed by atoms with Crippen LogP contribution in [0.4, 0.5) is 11.4 Å². The maximum Gasteiger partial charge on any atom is 0.250 e. The van der Waals surface area contributed by atoms with Crippen LogP contribution in [0.15, 0.2) is 60.7 Å². The predicted molar refractivity (Wildman–Crippen MR) is 119 cm³/mol. The number of anilines is 2. The number of benzene rings is 3. The highest BCUT2D eigenvalue weighted by molar-refractivity contribution is 6.30. The molecular formula is C23H24ClN3O. The summed E-state index contributed by atoms with van der Waals surface area (Å²) < 4.78 is 0. The Balaban J connectivity index is 2.02. The summed E-state index contributed by atoms with van der Waals surface area (Å²) in [5.41, 5.74) is 17.1. The third kappa shape index (κ3) is 4.46. The molecule has 0 saturated carbocycles. The molecule has 0 aliphatic carbocycles. The summed E-state index contributed by atoms with van der Waals surface area (Å²) in [5, 5.41) is 4.05. The second kappa shape index (κ2) is 8.81. The van der Waals surface area contributed by atoms with E-state index in [2.05, 4.69) is 12.2 Å². The molecule has 0 saturated heterocycles.